The Hall–Kier alpha value is -1.71. The molecule has 0 heterocycles. The summed E-state index contributed by atoms with van der Waals surface area (Å²) in [4.78, 5) is 0. The van der Waals surface area contributed by atoms with E-state index >= 15 is 0 Å². The summed E-state index contributed by atoms with van der Waals surface area (Å²) in [6.07, 6.45) is 0. The molecule has 4 N–H and O–H groups in total. The molecule has 0 atom stereocenters. The molecule has 0 radical (unpaired) electrons. The van der Waals surface area contributed by atoms with Crippen molar-refractivity contribution < 1.29 is 4.74 Å². The van der Waals surface area contributed by atoms with E-state index < -0.39 is 0 Å². The van der Waals surface area contributed by atoms with Gasteiger partial charge in [-0.25, -0.2) is 0 Å². The lowest BCUT2D eigenvalue weighted by molar-refractivity contribution is 0.372. The van der Waals surface area contributed by atoms with Crippen molar-refractivity contribution in [3.05, 3.63) is 28.8 Å². The van der Waals surface area contributed by atoms with Crippen molar-refractivity contribution in [2.24, 2.45) is 16.7 Å². The number of aryl methyl sites for hydroxylation is 3. The maximum absolute atomic E-state index is 5.49. The number of ether oxygens (including phenoxy) is 1. The maximum atomic E-state index is 5.49. The molecule has 0 saturated heterocycles. The van der Waals surface area contributed by atoms with Crippen molar-refractivity contribution in [2.75, 3.05) is 6.61 Å². The molecule has 1 aromatic carbocycles. The van der Waals surface area contributed by atoms with Gasteiger partial charge in [0.1, 0.15) is 12.4 Å². The van der Waals surface area contributed by atoms with Gasteiger partial charge in [0.2, 0.25) is 0 Å². The van der Waals surface area contributed by atoms with Crippen LogP contribution in [0.5, 0.6) is 5.75 Å². The Kier molecular flexibility index (Phi) is 3.55. The van der Waals surface area contributed by atoms with Gasteiger partial charge in [0.25, 0.3) is 0 Å². The van der Waals surface area contributed by atoms with E-state index in [-0.39, 0.29) is 12.4 Å². The van der Waals surface area contributed by atoms with E-state index in [0.717, 1.165) is 11.3 Å². The third kappa shape index (κ3) is 2.87. The Labute approximate surface area is 89.9 Å². The summed E-state index contributed by atoms with van der Waals surface area (Å²) >= 11 is 0. The Morgan fingerprint density at radius 2 is 1.80 bits per heavy atom. The predicted molar refractivity (Wildman–Crippen MR) is 62.0 cm³/mol. The third-order valence-corrected chi connectivity index (χ3v) is 2.33. The molecule has 0 amide bonds. The lowest BCUT2D eigenvalue weighted by Gasteiger charge is -2.11. The minimum atomic E-state index is 0.222. The average molecular weight is 207 g/mol. The monoisotopic (exact) mass is 207 g/mol. The Bertz CT molecular complexity index is 386. The first-order valence-electron chi connectivity index (χ1n) is 4.77. The van der Waals surface area contributed by atoms with Crippen LogP contribution in [0.1, 0.15) is 16.7 Å². The number of hydrogen-bond donors (Lipinski definition) is 2. The molecule has 0 aromatic heterocycles. The smallest absolute Gasteiger partial charge is 0.157 e. The Morgan fingerprint density at radius 1 is 1.20 bits per heavy atom. The molecule has 0 unspecified atom stereocenters. The second kappa shape index (κ2) is 4.68. The van der Waals surface area contributed by atoms with E-state index in [1.54, 1.807) is 0 Å². The van der Waals surface area contributed by atoms with E-state index in [9.17, 15) is 0 Å². The molecule has 0 aliphatic carbocycles. The first-order valence-corrected chi connectivity index (χ1v) is 4.77. The molecule has 0 aliphatic heterocycles. The van der Waals surface area contributed by atoms with Crippen LogP contribution in [-0.2, 0) is 0 Å². The van der Waals surface area contributed by atoms with E-state index in [1.807, 2.05) is 19.9 Å². The highest BCUT2D eigenvalue weighted by Crippen LogP contribution is 2.22. The van der Waals surface area contributed by atoms with Crippen LogP contribution in [0.25, 0.3) is 0 Å². The van der Waals surface area contributed by atoms with Gasteiger partial charge in [0.05, 0.1) is 0 Å². The summed E-state index contributed by atoms with van der Waals surface area (Å²) in [7, 11) is 0. The quantitative estimate of drug-likeness (QED) is 0.339. The van der Waals surface area contributed by atoms with Gasteiger partial charge in [0, 0.05) is 0 Å². The zero-order chi connectivity index (χ0) is 11.4. The molecule has 15 heavy (non-hydrogen) atoms. The molecule has 4 nitrogen and oxygen atoms in total. The Balaban J connectivity index is 2.82. The Morgan fingerprint density at radius 3 is 2.40 bits per heavy atom. The molecule has 0 bridgehead atoms. The van der Waals surface area contributed by atoms with Crippen molar-refractivity contribution >= 4 is 5.84 Å². The topological polar surface area (TPSA) is 73.6 Å². The van der Waals surface area contributed by atoms with Crippen LogP contribution >= 0.6 is 0 Å². The average Bonchev–Trinajstić information content (AvgIpc) is 2.21. The molecule has 0 fully saturated rings. The number of nitrogens with two attached hydrogens (primary N) is 2. The van der Waals surface area contributed by atoms with Crippen molar-refractivity contribution in [3.8, 4) is 5.75 Å². The molecule has 82 valence electrons. The van der Waals surface area contributed by atoms with Crippen LogP contribution in [0.4, 0.5) is 0 Å². The van der Waals surface area contributed by atoms with Gasteiger partial charge in [-0.3, -0.25) is 0 Å². The molecular formula is C11H17N3O. The fraction of sp³-hybridized carbons (Fsp3) is 0.364. The van der Waals surface area contributed by atoms with Crippen molar-refractivity contribution in [1.82, 2.24) is 0 Å². The van der Waals surface area contributed by atoms with Gasteiger partial charge >= 0.3 is 0 Å². The highest BCUT2D eigenvalue weighted by Gasteiger charge is 2.03. The van der Waals surface area contributed by atoms with E-state index in [2.05, 4.69) is 18.1 Å². The molecule has 0 spiro atoms. The summed E-state index contributed by atoms with van der Waals surface area (Å²) in [5.74, 6) is 6.12. The third-order valence-electron chi connectivity index (χ3n) is 2.33. The number of rotatable bonds is 3. The fourth-order valence-electron chi connectivity index (χ4n) is 1.28. The van der Waals surface area contributed by atoms with E-state index in [1.165, 1.54) is 11.1 Å². The number of amidine groups is 1. The highest BCUT2D eigenvalue weighted by atomic mass is 16.5. The van der Waals surface area contributed by atoms with Crippen LogP contribution in [0.2, 0.25) is 0 Å². The molecular weight excluding hydrogens is 190 g/mol. The zero-order valence-electron chi connectivity index (χ0n) is 9.37. The van der Waals surface area contributed by atoms with Gasteiger partial charge in [0.15, 0.2) is 5.84 Å². The SMILES string of the molecule is Cc1cc(C)c(OC/C(N)=N/N)cc1C. The van der Waals surface area contributed by atoms with E-state index in [4.69, 9.17) is 16.3 Å². The number of hydrogen-bond acceptors (Lipinski definition) is 3. The fourth-order valence-corrected chi connectivity index (χ4v) is 1.28. The van der Waals surface area contributed by atoms with E-state index in [0.29, 0.717) is 0 Å². The van der Waals surface area contributed by atoms with Gasteiger partial charge in [-0.1, -0.05) is 6.07 Å². The predicted octanol–water partition coefficient (Wildman–Crippen LogP) is 1.22. The maximum Gasteiger partial charge on any atom is 0.157 e. The standard InChI is InChI=1S/C11H17N3O/c1-7-4-9(3)10(5-8(7)2)15-6-11(12)14-13/h4-5H,6,13H2,1-3H3,(H2,12,14). The molecule has 4 heteroatoms. The zero-order valence-corrected chi connectivity index (χ0v) is 9.37. The normalized spacial score (nSPS) is 11.5. The minimum absolute atomic E-state index is 0.222. The van der Waals surface area contributed by atoms with Gasteiger partial charge in [-0.05, 0) is 43.5 Å². The summed E-state index contributed by atoms with van der Waals surface area (Å²) < 4.78 is 5.49. The second-order valence-electron chi connectivity index (χ2n) is 3.61. The highest BCUT2D eigenvalue weighted by molar-refractivity contribution is 5.81. The lowest BCUT2D eigenvalue weighted by Crippen LogP contribution is -2.22. The summed E-state index contributed by atoms with van der Waals surface area (Å²) in [5.41, 5.74) is 8.97. The van der Waals surface area contributed by atoms with Crippen molar-refractivity contribution in [2.45, 2.75) is 20.8 Å². The second-order valence-corrected chi connectivity index (χ2v) is 3.61. The van der Waals surface area contributed by atoms with Crippen LogP contribution in [0, 0.1) is 20.8 Å². The van der Waals surface area contributed by atoms with Crippen LogP contribution in [0.3, 0.4) is 0 Å². The summed E-state index contributed by atoms with van der Waals surface area (Å²) in [5, 5.41) is 3.34. The van der Waals surface area contributed by atoms with Gasteiger partial charge in [-0.15, -0.1) is 0 Å². The molecule has 0 aliphatic rings. The minimum Gasteiger partial charge on any atom is -0.485 e. The number of benzene rings is 1. The summed E-state index contributed by atoms with van der Waals surface area (Å²) in [6.45, 7) is 6.33. The molecule has 1 aromatic rings. The number of nitrogens with zero attached hydrogens (tertiary/aromatic N) is 1. The summed E-state index contributed by atoms with van der Waals surface area (Å²) in [6, 6.07) is 4.08. The van der Waals surface area contributed by atoms with Crippen LogP contribution in [-0.4, -0.2) is 12.4 Å². The molecule has 0 saturated carbocycles. The van der Waals surface area contributed by atoms with Crippen LogP contribution < -0.4 is 16.3 Å². The van der Waals surface area contributed by atoms with Gasteiger partial charge < -0.3 is 16.3 Å². The van der Waals surface area contributed by atoms with Crippen molar-refractivity contribution in [1.29, 1.82) is 0 Å². The largest absolute Gasteiger partial charge is 0.485 e. The first kappa shape index (κ1) is 11.4. The van der Waals surface area contributed by atoms with Crippen LogP contribution in [0.15, 0.2) is 17.2 Å². The first-order chi connectivity index (χ1) is 7.04. The van der Waals surface area contributed by atoms with Gasteiger partial charge in [-0.2, -0.15) is 5.10 Å². The number of hydrazone groups is 1. The lowest BCUT2D eigenvalue weighted by atomic mass is 10.1. The molecule has 1 rings (SSSR count). The van der Waals surface area contributed by atoms with Crippen molar-refractivity contribution in [3.63, 3.8) is 0 Å².